The molecular formula is C16H17NO4. The summed E-state index contributed by atoms with van der Waals surface area (Å²) >= 11 is 0. The molecule has 2 rings (SSSR count). The van der Waals surface area contributed by atoms with Crippen molar-refractivity contribution in [3.63, 3.8) is 0 Å². The van der Waals surface area contributed by atoms with Gasteiger partial charge in [0.1, 0.15) is 18.1 Å². The standard InChI is InChI=1S/C16H17NO4/c1-20-15-4-2-3-13(9-15)11-21-14-7-5-12(6-8-14)10-16(18)17-19/h2-9,19H,10-11H2,1H3,(H,17,18). The number of rotatable bonds is 6. The highest BCUT2D eigenvalue weighted by Crippen LogP contribution is 2.17. The molecular weight excluding hydrogens is 270 g/mol. The Kier molecular flexibility index (Phi) is 5.17. The van der Waals surface area contributed by atoms with Gasteiger partial charge in [-0.1, -0.05) is 24.3 Å². The third-order valence-corrected chi connectivity index (χ3v) is 2.95. The van der Waals surface area contributed by atoms with E-state index < -0.39 is 5.91 Å². The van der Waals surface area contributed by atoms with Crippen LogP contribution in [0.25, 0.3) is 0 Å². The first-order valence-corrected chi connectivity index (χ1v) is 6.49. The van der Waals surface area contributed by atoms with Crippen LogP contribution >= 0.6 is 0 Å². The predicted octanol–water partition coefficient (Wildman–Crippen LogP) is 2.32. The van der Waals surface area contributed by atoms with E-state index in [9.17, 15) is 4.79 Å². The average molecular weight is 287 g/mol. The normalized spacial score (nSPS) is 10.0. The van der Waals surface area contributed by atoms with Gasteiger partial charge in [-0.2, -0.15) is 0 Å². The molecule has 0 aliphatic rings. The third kappa shape index (κ3) is 4.50. The number of ether oxygens (including phenoxy) is 2. The highest BCUT2D eigenvalue weighted by atomic mass is 16.5. The SMILES string of the molecule is COc1cccc(COc2ccc(CC(=O)NO)cc2)c1. The van der Waals surface area contributed by atoms with Gasteiger partial charge >= 0.3 is 0 Å². The van der Waals surface area contributed by atoms with Crippen molar-refractivity contribution in [1.82, 2.24) is 5.48 Å². The Hall–Kier alpha value is -2.53. The van der Waals surface area contributed by atoms with Crippen LogP contribution in [-0.2, 0) is 17.8 Å². The van der Waals surface area contributed by atoms with Crippen LogP contribution in [0.5, 0.6) is 11.5 Å². The summed E-state index contributed by atoms with van der Waals surface area (Å²) in [5.74, 6) is 1.06. The molecule has 0 aliphatic carbocycles. The van der Waals surface area contributed by atoms with Crippen LogP contribution in [-0.4, -0.2) is 18.2 Å². The van der Waals surface area contributed by atoms with Gasteiger partial charge in [-0.15, -0.1) is 0 Å². The van der Waals surface area contributed by atoms with E-state index >= 15 is 0 Å². The topological polar surface area (TPSA) is 67.8 Å². The molecule has 0 spiro atoms. The van der Waals surface area contributed by atoms with Gasteiger partial charge in [-0.05, 0) is 35.4 Å². The smallest absolute Gasteiger partial charge is 0.247 e. The summed E-state index contributed by atoms with van der Waals surface area (Å²) in [6, 6.07) is 14.8. The summed E-state index contributed by atoms with van der Waals surface area (Å²) in [6.07, 6.45) is 0.132. The Labute approximate surface area is 123 Å². The van der Waals surface area contributed by atoms with Crippen LogP contribution in [0.1, 0.15) is 11.1 Å². The van der Waals surface area contributed by atoms with Crippen molar-refractivity contribution in [2.75, 3.05) is 7.11 Å². The summed E-state index contributed by atoms with van der Waals surface area (Å²) < 4.78 is 10.8. The zero-order chi connectivity index (χ0) is 15.1. The number of hydrogen-bond donors (Lipinski definition) is 2. The van der Waals surface area contributed by atoms with Crippen molar-refractivity contribution >= 4 is 5.91 Å². The number of carbonyl (C=O) groups excluding carboxylic acids is 1. The first-order valence-electron chi connectivity index (χ1n) is 6.49. The second-order valence-corrected chi connectivity index (χ2v) is 4.50. The Morgan fingerprint density at radius 1 is 1.10 bits per heavy atom. The lowest BCUT2D eigenvalue weighted by molar-refractivity contribution is -0.128. The highest BCUT2D eigenvalue weighted by Gasteiger charge is 2.02. The van der Waals surface area contributed by atoms with Gasteiger partial charge in [0.25, 0.3) is 0 Å². The summed E-state index contributed by atoms with van der Waals surface area (Å²) in [7, 11) is 1.63. The molecule has 0 aromatic heterocycles. The maximum absolute atomic E-state index is 11.0. The van der Waals surface area contributed by atoms with Crippen LogP contribution in [0, 0.1) is 0 Å². The number of amides is 1. The molecule has 2 aromatic carbocycles. The minimum atomic E-state index is -0.444. The molecule has 0 saturated heterocycles. The lowest BCUT2D eigenvalue weighted by Crippen LogP contribution is -2.20. The van der Waals surface area contributed by atoms with Crippen molar-refractivity contribution in [3.8, 4) is 11.5 Å². The molecule has 2 N–H and O–H groups in total. The average Bonchev–Trinajstić information content (AvgIpc) is 2.54. The largest absolute Gasteiger partial charge is 0.497 e. The van der Waals surface area contributed by atoms with Crippen LogP contribution in [0.4, 0.5) is 0 Å². The van der Waals surface area contributed by atoms with E-state index in [1.54, 1.807) is 36.9 Å². The van der Waals surface area contributed by atoms with Gasteiger partial charge < -0.3 is 9.47 Å². The maximum atomic E-state index is 11.0. The molecule has 21 heavy (non-hydrogen) atoms. The molecule has 110 valence electrons. The second kappa shape index (κ2) is 7.31. The van der Waals surface area contributed by atoms with Crippen LogP contribution < -0.4 is 15.0 Å². The Bertz CT molecular complexity index is 595. The van der Waals surface area contributed by atoms with E-state index in [2.05, 4.69) is 0 Å². The van der Waals surface area contributed by atoms with E-state index in [4.69, 9.17) is 14.7 Å². The fraction of sp³-hybridized carbons (Fsp3) is 0.188. The van der Waals surface area contributed by atoms with Gasteiger partial charge in [-0.25, -0.2) is 5.48 Å². The van der Waals surface area contributed by atoms with Gasteiger partial charge in [-0.3, -0.25) is 10.0 Å². The van der Waals surface area contributed by atoms with Gasteiger partial charge in [0.15, 0.2) is 0 Å². The van der Waals surface area contributed by atoms with Crippen LogP contribution in [0.15, 0.2) is 48.5 Å². The zero-order valence-electron chi connectivity index (χ0n) is 11.7. The number of methoxy groups -OCH3 is 1. The van der Waals surface area contributed by atoms with E-state index in [1.165, 1.54) is 0 Å². The van der Waals surface area contributed by atoms with Gasteiger partial charge in [0.2, 0.25) is 5.91 Å². The lowest BCUT2D eigenvalue weighted by atomic mass is 10.1. The molecule has 0 saturated carbocycles. The summed E-state index contributed by atoms with van der Waals surface area (Å²) in [5.41, 5.74) is 3.42. The Balaban J connectivity index is 1.92. The molecule has 1 amide bonds. The molecule has 0 aliphatic heterocycles. The summed E-state index contributed by atoms with van der Waals surface area (Å²) in [6.45, 7) is 0.438. The zero-order valence-corrected chi connectivity index (χ0v) is 11.7. The molecule has 0 bridgehead atoms. The number of hydroxylamine groups is 1. The Morgan fingerprint density at radius 2 is 1.86 bits per heavy atom. The number of benzene rings is 2. The first-order chi connectivity index (χ1) is 10.2. The highest BCUT2D eigenvalue weighted by molar-refractivity contribution is 5.77. The van der Waals surface area contributed by atoms with E-state index in [0.717, 1.165) is 16.9 Å². The van der Waals surface area contributed by atoms with Crippen molar-refractivity contribution in [2.24, 2.45) is 0 Å². The van der Waals surface area contributed by atoms with E-state index in [0.29, 0.717) is 12.4 Å². The third-order valence-electron chi connectivity index (χ3n) is 2.95. The minimum Gasteiger partial charge on any atom is -0.497 e. The first kappa shape index (κ1) is 14.9. The Morgan fingerprint density at radius 3 is 2.52 bits per heavy atom. The minimum absolute atomic E-state index is 0.132. The van der Waals surface area contributed by atoms with Crippen molar-refractivity contribution < 1.29 is 19.5 Å². The molecule has 5 heteroatoms. The summed E-state index contributed by atoms with van der Waals surface area (Å²) in [5, 5.41) is 8.47. The number of carbonyl (C=O) groups is 1. The fourth-order valence-corrected chi connectivity index (χ4v) is 1.86. The fourth-order valence-electron chi connectivity index (χ4n) is 1.86. The van der Waals surface area contributed by atoms with Crippen molar-refractivity contribution in [3.05, 3.63) is 59.7 Å². The second-order valence-electron chi connectivity index (χ2n) is 4.50. The van der Waals surface area contributed by atoms with Gasteiger partial charge in [0, 0.05) is 0 Å². The van der Waals surface area contributed by atoms with Crippen molar-refractivity contribution in [2.45, 2.75) is 13.0 Å². The predicted molar refractivity (Wildman–Crippen MR) is 77.4 cm³/mol. The van der Waals surface area contributed by atoms with Crippen LogP contribution in [0.3, 0.4) is 0 Å². The lowest BCUT2D eigenvalue weighted by Gasteiger charge is -2.08. The monoisotopic (exact) mass is 287 g/mol. The number of nitrogens with one attached hydrogen (secondary N) is 1. The molecule has 5 nitrogen and oxygen atoms in total. The van der Waals surface area contributed by atoms with E-state index in [1.807, 2.05) is 24.3 Å². The molecule has 2 aromatic rings. The molecule has 0 heterocycles. The van der Waals surface area contributed by atoms with Gasteiger partial charge in [0.05, 0.1) is 13.5 Å². The molecule has 0 atom stereocenters. The summed E-state index contributed by atoms with van der Waals surface area (Å²) in [4.78, 5) is 11.0. The van der Waals surface area contributed by atoms with E-state index in [-0.39, 0.29) is 6.42 Å². The maximum Gasteiger partial charge on any atom is 0.247 e. The molecule has 0 unspecified atom stereocenters. The molecule has 0 radical (unpaired) electrons. The quantitative estimate of drug-likeness (QED) is 0.632. The molecule has 0 fully saturated rings. The number of hydrogen-bond acceptors (Lipinski definition) is 4. The van der Waals surface area contributed by atoms with Crippen LogP contribution in [0.2, 0.25) is 0 Å². The van der Waals surface area contributed by atoms with Crippen molar-refractivity contribution in [1.29, 1.82) is 0 Å².